The van der Waals surface area contributed by atoms with Gasteiger partial charge in [0.25, 0.3) is 0 Å². The molecule has 0 atom stereocenters. The van der Waals surface area contributed by atoms with Crippen molar-refractivity contribution in [2.45, 2.75) is 13.0 Å². The molecule has 0 aliphatic heterocycles. The first-order valence-corrected chi connectivity index (χ1v) is 4.31. The van der Waals surface area contributed by atoms with Gasteiger partial charge < -0.3 is 14.6 Å². The number of halogens is 2. The van der Waals surface area contributed by atoms with Gasteiger partial charge in [-0.05, 0) is 18.2 Å². The van der Waals surface area contributed by atoms with Crippen molar-refractivity contribution in [3.8, 4) is 11.5 Å². The maximum absolute atomic E-state index is 12.6. The molecule has 16 heavy (non-hydrogen) atoms. The van der Waals surface area contributed by atoms with E-state index in [1.165, 1.54) is 7.11 Å². The van der Waals surface area contributed by atoms with Crippen LogP contribution in [-0.4, -0.2) is 24.3 Å². The predicted molar refractivity (Wildman–Crippen MR) is 51.2 cm³/mol. The van der Waals surface area contributed by atoms with Crippen molar-refractivity contribution < 1.29 is 28.2 Å². The van der Waals surface area contributed by atoms with Gasteiger partial charge in [-0.2, -0.15) is 8.78 Å². The maximum atomic E-state index is 12.6. The van der Waals surface area contributed by atoms with Gasteiger partial charge in [-0.3, -0.25) is 0 Å². The SMILES string of the molecule is COc1cc(C(=O)O)ccc1OC(C)(F)F. The highest BCUT2D eigenvalue weighted by Gasteiger charge is 2.25. The van der Waals surface area contributed by atoms with Crippen molar-refractivity contribution in [2.75, 3.05) is 7.11 Å². The fourth-order valence-electron chi connectivity index (χ4n) is 1.08. The van der Waals surface area contributed by atoms with Crippen molar-refractivity contribution in [1.82, 2.24) is 0 Å². The molecule has 1 N–H and O–H groups in total. The molecule has 0 aliphatic carbocycles. The van der Waals surface area contributed by atoms with Crippen molar-refractivity contribution >= 4 is 5.97 Å². The van der Waals surface area contributed by atoms with Crippen LogP contribution in [0, 0.1) is 0 Å². The number of carboxylic acids is 1. The number of hydrogen-bond acceptors (Lipinski definition) is 3. The molecular weight excluding hydrogens is 222 g/mol. The molecule has 0 unspecified atom stereocenters. The minimum Gasteiger partial charge on any atom is -0.493 e. The Morgan fingerprint density at radius 1 is 1.38 bits per heavy atom. The minimum absolute atomic E-state index is 0.0542. The fourth-order valence-corrected chi connectivity index (χ4v) is 1.08. The van der Waals surface area contributed by atoms with E-state index in [-0.39, 0.29) is 17.1 Å². The van der Waals surface area contributed by atoms with Gasteiger partial charge in [0.2, 0.25) is 0 Å². The Hall–Kier alpha value is -1.85. The molecule has 0 bridgehead atoms. The fraction of sp³-hybridized carbons (Fsp3) is 0.300. The third-order valence-electron chi connectivity index (χ3n) is 1.70. The molecule has 0 radical (unpaired) electrons. The van der Waals surface area contributed by atoms with E-state index < -0.39 is 12.1 Å². The molecule has 0 saturated carbocycles. The van der Waals surface area contributed by atoms with Gasteiger partial charge in [-0.25, -0.2) is 4.79 Å². The lowest BCUT2D eigenvalue weighted by Gasteiger charge is -2.15. The van der Waals surface area contributed by atoms with E-state index in [1.807, 2.05) is 0 Å². The molecule has 0 heterocycles. The van der Waals surface area contributed by atoms with Crippen molar-refractivity contribution in [3.63, 3.8) is 0 Å². The molecule has 0 aromatic heterocycles. The van der Waals surface area contributed by atoms with E-state index >= 15 is 0 Å². The molecule has 1 aromatic rings. The van der Waals surface area contributed by atoms with Crippen LogP contribution in [0.25, 0.3) is 0 Å². The Balaban J connectivity index is 3.07. The summed E-state index contributed by atoms with van der Waals surface area (Å²) in [7, 11) is 1.24. The third kappa shape index (κ3) is 3.08. The first kappa shape index (κ1) is 12.2. The molecule has 4 nitrogen and oxygen atoms in total. The first-order chi connectivity index (χ1) is 7.33. The van der Waals surface area contributed by atoms with Crippen molar-refractivity contribution in [3.05, 3.63) is 23.8 Å². The summed E-state index contributed by atoms with van der Waals surface area (Å²) in [6.45, 7) is 0.581. The van der Waals surface area contributed by atoms with Gasteiger partial charge in [0.1, 0.15) is 0 Å². The van der Waals surface area contributed by atoms with E-state index in [1.54, 1.807) is 0 Å². The Kier molecular flexibility index (Phi) is 3.31. The van der Waals surface area contributed by atoms with Crippen LogP contribution in [0.1, 0.15) is 17.3 Å². The summed E-state index contributed by atoms with van der Waals surface area (Å²) in [5, 5.41) is 8.68. The number of aromatic carboxylic acids is 1. The molecule has 0 saturated heterocycles. The van der Waals surface area contributed by atoms with E-state index in [2.05, 4.69) is 4.74 Å². The Morgan fingerprint density at radius 2 is 2.00 bits per heavy atom. The number of carbonyl (C=O) groups is 1. The zero-order valence-corrected chi connectivity index (χ0v) is 8.66. The average molecular weight is 232 g/mol. The zero-order chi connectivity index (χ0) is 12.3. The van der Waals surface area contributed by atoms with Gasteiger partial charge >= 0.3 is 12.1 Å². The van der Waals surface area contributed by atoms with Crippen LogP contribution >= 0.6 is 0 Å². The Morgan fingerprint density at radius 3 is 2.44 bits per heavy atom. The van der Waals surface area contributed by atoms with Crippen LogP contribution in [0.2, 0.25) is 0 Å². The topological polar surface area (TPSA) is 55.8 Å². The second-order valence-electron chi connectivity index (χ2n) is 3.08. The van der Waals surface area contributed by atoms with E-state index in [0.717, 1.165) is 18.2 Å². The molecule has 1 aromatic carbocycles. The Bertz CT molecular complexity index is 398. The van der Waals surface area contributed by atoms with Crippen LogP contribution in [-0.2, 0) is 0 Å². The number of ether oxygens (including phenoxy) is 2. The normalized spacial score (nSPS) is 11.0. The molecule has 0 amide bonds. The van der Waals surface area contributed by atoms with Crippen LogP contribution in [0.15, 0.2) is 18.2 Å². The molecule has 0 spiro atoms. The first-order valence-electron chi connectivity index (χ1n) is 4.31. The molecule has 88 valence electrons. The van der Waals surface area contributed by atoms with Crippen molar-refractivity contribution in [2.24, 2.45) is 0 Å². The van der Waals surface area contributed by atoms with Crippen molar-refractivity contribution in [1.29, 1.82) is 0 Å². The second-order valence-corrected chi connectivity index (χ2v) is 3.08. The molecule has 0 aliphatic rings. The molecule has 6 heteroatoms. The third-order valence-corrected chi connectivity index (χ3v) is 1.70. The quantitative estimate of drug-likeness (QED) is 0.865. The molecule has 0 fully saturated rings. The maximum Gasteiger partial charge on any atom is 0.395 e. The summed E-state index contributed by atoms with van der Waals surface area (Å²) in [6.07, 6.45) is -3.35. The van der Waals surface area contributed by atoms with Gasteiger partial charge in [0.15, 0.2) is 11.5 Å². The van der Waals surface area contributed by atoms with Gasteiger partial charge in [0, 0.05) is 6.92 Å². The largest absolute Gasteiger partial charge is 0.493 e. The number of benzene rings is 1. The molecular formula is C10H10F2O4. The van der Waals surface area contributed by atoms with Crippen LogP contribution in [0.4, 0.5) is 8.78 Å². The highest BCUT2D eigenvalue weighted by molar-refractivity contribution is 5.88. The van der Waals surface area contributed by atoms with Crippen LogP contribution in [0.5, 0.6) is 11.5 Å². The summed E-state index contributed by atoms with van der Waals surface area (Å²) in [4.78, 5) is 10.6. The Labute approximate surface area is 90.4 Å². The smallest absolute Gasteiger partial charge is 0.395 e. The zero-order valence-electron chi connectivity index (χ0n) is 8.66. The highest BCUT2D eigenvalue weighted by Crippen LogP contribution is 2.32. The van der Waals surface area contributed by atoms with E-state index in [0.29, 0.717) is 6.92 Å². The summed E-state index contributed by atoms with van der Waals surface area (Å²) in [6, 6.07) is 3.40. The number of hydrogen-bond donors (Lipinski definition) is 1. The van der Waals surface area contributed by atoms with Gasteiger partial charge in [-0.15, -0.1) is 0 Å². The molecule has 1 rings (SSSR count). The summed E-state index contributed by atoms with van der Waals surface area (Å²) >= 11 is 0. The minimum atomic E-state index is -3.35. The summed E-state index contributed by atoms with van der Waals surface area (Å²) in [5.74, 6) is -1.44. The average Bonchev–Trinajstić information content (AvgIpc) is 2.15. The van der Waals surface area contributed by atoms with Gasteiger partial charge in [0.05, 0.1) is 12.7 Å². The summed E-state index contributed by atoms with van der Waals surface area (Å²) in [5.41, 5.74) is -0.0661. The summed E-state index contributed by atoms with van der Waals surface area (Å²) < 4.78 is 34.2. The highest BCUT2D eigenvalue weighted by atomic mass is 19.3. The van der Waals surface area contributed by atoms with Crippen LogP contribution < -0.4 is 9.47 Å². The number of carboxylic acid groups (broad SMARTS) is 1. The lowest BCUT2D eigenvalue weighted by atomic mass is 10.2. The predicted octanol–water partition coefficient (Wildman–Crippen LogP) is 2.38. The number of methoxy groups -OCH3 is 1. The van der Waals surface area contributed by atoms with Crippen LogP contribution in [0.3, 0.4) is 0 Å². The standard InChI is InChI=1S/C10H10F2O4/c1-10(11,12)16-7-4-3-6(9(13)14)5-8(7)15-2/h3-5H,1-2H3,(H,13,14). The number of rotatable bonds is 4. The monoisotopic (exact) mass is 232 g/mol. The van der Waals surface area contributed by atoms with E-state index in [4.69, 9.17) is 9.84 Å². The lowest BCUT2D eigenvalue weighted by Crippen LogP contribution is -2.19. The lowest BCUT2D eigenvalue weighted by molar-refractivity contribution is -0.159. The van der Waals surface area contributed by atoms with E-state index in [9.17, 15) is 13.6 Å². The van der Waals surface area contributed by atoms with Gasteiger partial charge in [-0.1, -0.05) is 0 Å². The number of alkyl halides is 2. The second kappa shape index (κ2) is 4.34.